The first kappa shape index (κ1) is 22.7. The minimum atomic E-state index is -0.421. The fourth-order valence-corrected chi connectivity index (χ4v) is 3.20. The van der Waals surface area contributed by atoms with E-state index in [1.165, 1.54) is 31.2 Å². The molecule has 0 aliphatic carbocycles. The van der Waals surface area contributed by atoms with Crippen LogP contribution in [0.25, 0.3) is 0 Å². The summed E-state index contributed by atoms with van der Waals surface area (Å²) in [7, 11) is 0. The van der Waals surface area contributed by atoms with Gasteiger partial charge >= 0.3 is 0 Å². The molecule has 0 aliphatic heterocycles. The molecule has 0 aromatic heterocycles. The van der Waals surface area contributed by atoms with Crippen molar-refractivity contribution in [1.82, 2.24) is 10.6 Å². The van der Waals surface area contributed by atoms with Crippen LogP contribution >= 0.6 is 0 Å². The SMILES string of the molecule is CC(=O)NC(CC(=O)NCc1cccc(NC(=O)c2ccc(F)cc2)c1)c1ccccc1. The van der Waals surface area contributed by atoms with Gasteiger partial charge in [0, 0.05) is 24.7 Å². The second-order valence-electron chi connectivity index (χ2n) is 7.31. The van der Waals surface area contributed by atoms with Gasteiger partial charge in [-0.25, -0.2) is 4.39 Å². The van der Waals surface area contributed by atoms with Crippen molar-refractivity contribution in [2.24, 2.45) is 0 Å². The molecule has 1 unspecified atom stereocenters. The lowest BCUT2D eigenvalue weighted by molar-refractivity contribution is -0.122. The second-order valence-corrected chi connectivity index (χ2v) is 7.31. The smallest absolute Gasteiger partial charge is 0.255 e. The van der Waals surface area contributed by atoms with E-state index in [-0.39, 0.29) is 30.7 Å². The molecule has 0 saturated carbocycles. The molecule has 0 aliphatic rings. The Hall–Kier alpha value is -4.00. The number of anilines is 1. The lowest BCUT2D eigenvalue weighted by atomic mass is 10.0. The van der Waals surface area contributed by atoms with E-state index in [1.54, 1.807) is 18.2 Å². The maximum atomic E-state index is 13.0. The van der Waals surface area contributed by atoms with E-state index in [2.05, 4.69) is 16.0 Å². The van der Waals surface area contributed by atoms with Gasteiger partial charge in [0.05, 0.1) is 12.5 Å². The normalized spacial score (nSPS) is 11.3. The Balaban J connectivity index is 1.58. The van der Waals surface area contributed by atoms with Crippen molar-refractivity contribution in [3.05, 3.63) is 101 Å². The number of benzene rings is 3. The van der Waals surface area contributed by atoms with Gasteiger partial charge in [-0.3, -0.25) is 14.4 Å². The zero-order valence-electron chi connectivity index (χ0n) is 17.6. The lowest BCUT2D eigenvalue weighted by Gasteiger charge is -2.18. The highest BCUT2D eigenvalue weighted by atomic mass is 19.1. The average Bonchev–Trinajstić information content (AvgIpc) is 2.78. The van der Waals surface area contributed by atoms with Crippen LogP contribution in [0.1, 0.15) is 40.9 Å². The molecule has 0 fully saturated rings. The Labute approximate surface area is 185 Å². The molecule has 0 bridgehead atoms. The summed E-state index contributed by atoms with van der Waals surface area (Å²) in [5.41, 5.74) is 2.55. The summed E-state index contributed by atoms with van der Waals surface area (Å²) in [6.45, 7) is 1.68. The first-order chi connectivity index (χ1) is 15.4. The van der Waals surface area contributed by atoms with Gasteiger partial charge in [0.1, 0.15) is 5.82 Å². The largest absolute Gasteiger partial charge is 0.352 e. The topological polar surface area (TPSA) is 87.3 Å². The third-order valence-electron chi connectivity index (χ3n) is 4.75. The Morgan fingerprint density at radius 3 is 2.31 bits per heavy atom. The van der Waals surface area contributed by atoms with E-state index >= 15 is 0 Å². The van der Waals surface area contributed by atoms with Crippen molar-refractivity contribution in [3.63, 3.8) is 0 Å². The molecule has 0 heterocycles. The Bertz CT molecular complexity index is 1090. The quantitative estimate of drug-likeness (QED) is 0.503. The molecular formula is C25H24FN3O3. The van der Waals surface area contributed by atoms with Crippen LogP contribution in [0.4, 0.5) is 10.1 Å². The van der Waals surface area contributed by atoms with Crippen molar-refractivity contribution < 1.29 is 18.8 Å². The number of rotatable bonds is 8. The molecule has 0 radical (unpaired) electrons. The van der Waals surface area contributed by atoms with Gasteiger partial charge in [0.2, 0.25) is 11.8 Å². The summed E-state index contributed by atoms with van der Waals surface area (Å²) >= 11 is 0. The van der Waals surface area contributed by atoms with E-state index in [9.17, 15) is 18.8 Å². The predicted octanol–water partition coefficient (Wildman–Crippen LogP) is 3.96. The van der Waals surface area contributed by atoms with Crippen LogP contribution in [0.2, 0.25) is 0 Å². The minimum Gasteiger partial charge on any atom is -0.352 e. The van der Waals surface area contributed by atoms with Crippen LogP contribution in [0.3, 0.4) is 0 Å². The fourth-order valence-electron chi connectivity index (χ4n) is 3.20. The van der Waals surface area contributed by atoms with Gasteiger partial charge in [-0.1, -0.05) is 42.5 Å². The maximum absolute atomic E-state index is 13.0. The Kier molecular flexibility index (Phi) is 7.70. The molecule has 3 aromatic carbocycles. The molecular weight excluding hydrogens is 409 g/mol. The number of hydrogen-bond donors (Lipinski definition) is 3. The van der Waals surface area contributed by atoms with Crippen LogP contribution in [-0.4, -0.2) is 17.7 Å². The van der Waals surface area contributed by atoms with E-state index in [1.807, 2.05) is 36.4 Å². The van der Waals surface area contributed by atoms with Gasteiger partial charge in [0.25, 0.3) is 5.91 Å². The van der Waals surface area contributed by atoms with Crippen LogP contribution < -0.4 is 16.0 Å². The van der Waals surface area contributed by atoms with Crippen molar-refractivity contribution in [2.75, 3.05) is 5.32 Å². The molecule has 7 heteroatoms. The molecule has 0 saturated heterocycles. The Morgan fingerprint density at radius 1 is 0.906 bits per heavy atom. The van der Waals surface area contributed by atoms with Crippen molar-refractivity contribution in [2.45, 2.75) is 25.9 Å². The highest BCUT2D eigenvalue weighted by molar-refractivity contribution is 6.04. The predicted molar refractivity (Wildman–Crippen MR) is 120 cm³/mol. The summed E-state index contributed by atoms with van der Waals surface area (Å²) in [5.74, 6) is -1.19. The molecule has 1 atom stereocenters. The standard InChI is InChI=1S/C25H24FN3O3/c1-17(30)28-23(19-7-3-2-4-8-19)15-24(31)27-16-18-6-5-9-22(14-18)29-25(32)20-10-12-21(26)13-11-20/h2-14,23H,15-16H2,1H3,(H,27,31)(H,28,30)(H,29,32). The molecule has 164 valence electrons. The van der Waals surface area contributed by atoms with Gasteiger partial charge in [0.15, 0.2) is 0 Å². The van der Waals surface area contributed by atoms with Crippen molar-refractivity contribution >= 4 is 23.4 Å². The fraction of sp³-hybridized carbons (Fsp3) is 0.160. The first-order valence-electron chi connectivity index (χ1n) is 10.2. The highest BCUT2D eigenvalue weighted by Crippen LogP contribution is 2.17. The molecule has 3 aromatic rings. The molecule has 3 amide bonds. The van der Waals surface area contributed by atoms with Gasteiger partial charge < -0.3 is 16.0 Å². The Morgan fingerprint density at radius 2 is 1.62 bits per heavy atom. The monoisotopic (exact) mass is 433 g/mol. The molecule has 32 heavy (non-hydrogen) atoms. The van der Waals surface area contributed by atoms with E-state index in [0.717, 1.165) is 11.1 Å². The highest BCUT2D eigenvalue weighted by Gasteiger charge is 2.17. The zero-order chi connectivity index (χ0) is 22.9. The number of halogens is 1. The van der Waals surface area contributed by atoms with Gasteiger partial charge in [-0.15, -0.1) is 0 Å². The second kappa shape index (κ2) is 10.9. The summed E-state index contributed by atoms with van der Waals surface area (Å²) < 4.78 is 13.0. The minimum absolute atomic E-state index is 0.102. The molecule has 6 nitrogen and oxygen atoms in total. The van der Waals surface area contributed by atoms with Crippen molar-refractivity contribution in [3.8, 4) is 0 Å². The number of carbonyl (C=O) groups excluding carboxylic acids is 3. The van der Waals surface area contributed by atoms with Gasteiger partial charge in [-0.2, -0.15) is 0 Å². The van der Waals surface area contributed by atoms with E-state index in [0.29, 0.717) is 11.3 Å². The lowest BCUT2D eigenvalue weighted by Crippen LogP contribution is -2.32. The number of nitrogens with one attached hydrogen (secondary N) is 3. The molecule has 3 rings (SSSR count). The van der Waals surface area contributed by atoms with Gasteiger partial charge in [-0.05, 0) is 47.5 Å². The summed E-state index contributed by atoms with van der Waals surface area (Å²) in [6.07, 6.45) is 0.102. The summed E-state index contributed by atoms with van der Waals surface area (Å²) in [4.78, 5) is 36.3. The van der Waals surface area contributed by atoms with Crippen molar-refractivity contribution in [1.29, 1.82) is 0 Å². The first-order valence-corrected chi connectivity index (χ1v) is 10.2. The molecule has 3 N–H and O–H groups in total. The van der Waals surface area contributed by atoms with Crippen LogP contribution in [0.15, 0.2) is 78.9 Å². The average molecular weight is 433 g/mol. The number of carbonyl (C=O) groups is 3. The maximum Gasteiger partial charge on any atom is 0.255 e. The van der Waals surface area contributed by atoms with Crippen LogP contribution in [0.5, 0.6) is 0 Å². The molecule has 0 spiro atoms. The third-order valence-corrected chi connectivity index (χ3v) is 4.75. The van der Waals surface area contributed by atoms with E-state index in [4.69, 9.17) is 0 Å². The third kappa shape index (κ3) is 6.77. The van der Waals surface area contributed by atoms with E-state index < -0.39 is 11.9 Å². The zero-order valence-corrected chi connectivity index (χ0v) is 17.6. The number of hydrogen-bond acceptors (Lipinski definition) is 3. The summed E-state index contributed by atoms with van der Waals surface area (Å²) in [6, 6.07) is 21.2. The summed E-state index contributed by atoms with van der Waals surface area (Å²) in [5, 5.41) is 8.41. The van der Waals surface area contributed by atoms with Crippen LogP contribution in [0, 0.1) is 5.82 Å². The number of amides is 3. The van der Waals surface area contributed by atoms with Crippen LogP contribution in [-0.2, 0) is 16.1 Å².